The molecule has 6 rings (SSSR count). The van der Waals surface area contributed by atoms with E-state index < -0.39 is 0 Å². The van der Waals surface area contributed by atoms with E-state index in [2.05, 4.69) is 102 Å². The first-order valence-electron chi connectivity index (χ1n) is 9.82. The maximum Gasteiger partial charge on any atom is 0.138 e. The zero-order valence-corrected chi connectivity index (χ0v) is 15.8. The van der Waals surface area contributed by atoms with E-state index in [-0.39, 0.29) is 0 Å². The van der Waals surface area contributed by atoms with Gasteiger partial charge >= 0.3 is 0 Å². The molecule has 5 aromatic carbocycles. The molecular formula is C27H18N2. The molecular weight excluding hydrogens is 352 g/mol. The van der Waals surface area contributed by atoms with E-state index in [1.54, 1.807) is 0 Å². The lowest BCUT2D eigenvalue weighted by Crippen LogP contribution is -1.82. The van der Waals surface area contributed by atoms with Crippen LogP contribution in [0.2, 0.25) is 0 Å². The number of H-pyrrole nitrogens is 1. The van der Waals surface area contributed by atoms with E-state index in [1.165, 1.54) is 32.7 Å². The predicted octanol–water partition coefficient (Wildman–Crippen LogP) is 7.20. The average Bonchev–Trinajstić information content (AvgIpc) is 3.21. The van der Waals surface area contributed by atoms with Crippen molar-refractivity contribution >= 4 is 32.6 Å². The first-order valence-corrected chi connectivity index (χ1v) is 9.82. The largest absolute Gasteiger partial charge is 0.338 e. The molecule has 0 radical (unpaired) electrons. The fraction of sp³-hybridized carbons (Fsp3) is 0. The van der Waals surface area contributed by atoms with Gasteiger partial charge in [0.1, 0.15) is 5.82 Å². The van der Waals surface area contributed by atoms with Crippen LogP contribution in [0.25, 0.3) is 55.1 Å². The van der Waals surface area contributed by atoms with Gasteiger partial charge in [-0.25, -0.2) is 4.98 Å². The minimum absolute atomic E-state index is 0.903. The Balaban J connectivity index is 1.46. The Hall–Kier alpha value is -3.91. The van der Waals surface area contributed by atoms with Crippen molar-refractivity contribution < 1.29 is 0 Å². The molecule has 2 heteroatoms. The van der Waals surface area contributed by atoms with Crippen LogP contribution in [0.3, 0.4) is 0 Å². The predicted molar refractivity (Wildman–Crippen MR) is 122 cm³/mol. The lowest BCUT2D eigenvalue weighted by Gasteiger charge is -2.04. The van der Waals surface area contributed by atoms with Gasteiger partial charge in [0.05, 0.1) is 11.0 Å². The number of hydrogen-bond donors (Lipinski definition) is 1. The Morgan fingerprint density at radius 2 is 1.17 bits per heavy atom. The highest BCUT2D eigenvalue weighted by atomic mass is 14.9. The molecule has 2 nitrogen and oxygen atoms in total. The molecule has 6 aromatic rings. The molecule has 0 aliphatic rings. The molecule has 0 aliphatic heterocycles. The van der Waals surface area contributed by atoms with Crippen molar-refractivity contribution in [1.29, 1.82) is 0 Å². The van der Waals surface area contributed by atoms with Gasteiger partial charge in [0.25, 0.3) is 0 Å². The topological polar surface area (TPSA) is 28.7 Å². The lowest BCUT2D eigenvalue weighted by molar-refractivity contribution is 1.34. The Morgan fingerprint density at radius 1 is 0.483 bits per heavy atom. The summed E-state index contributed by atoms with van der Waals surface area (Å²) in [5.41, 5.74) is 5.55. The number of nitrogens with one attached hydrogen (secondary N) is 1. The minimum Gasteiger partial charge on any atom is -0.338 e. The maximum absolute atomic E-state index is 4.83. The number of aromatic nitrogens is 2. The van der Waals surface area contributed by atoms with Gasteiger partial charge in [0.2, 0.25) is 0 Å². The Kier molecular flexibility index (Phi) is 3.50. The number of fused-ring (bicyclic) bond motifs is 3. The molecule has 0 saturated heterocycles. The highest BCUT2D eigenvalue weighted by Gasteiger charge is 2.08. The highest BCUT2D eigenvalue weighted by molar-refractivity contribution is 5.99. The van der Waals surface area contributed by atoms with Gasteiger partial charge in [0, 0.05) is 5.56 Å². The van der Waals surface area contributed by atoms with Gasteiger partial charge in [-0.15, -0.1) is 0 Å². The van der Waals surface area contributed by atoms with Gasteiger partial charge < -0.3 is 4.98 Å². The van der Waals surface area contributed by atoms with E-state index in [9.17, 15) is 0 Å². The van der Waals surface area contributed by atoms with Crippen LogP contribution in [0.15, 0.2) is 103 Å². The number of nitrogens with zero attached hydrogens (tertiary/aromatic N) is 1. The molecule has 1 aromatic heterocycles. The van der Waals surface area contributed by atoms with Gasteiger partial charge in [-0.1, -0.05) is 72.8 Å². The molecule has 1 heterocycles. The standard InChI is InChI=1S/C27H18N2/c1-2-6-18(7-3-1)22-12-13-25-26(17-22)29-27(28-25)23-11-10-21-14-19-8-4-5-9-20(19)15-24(21)16-23/h1-17H,(H,28,29). The average molecular weight is 370 g/mol. The quantitative estimate of drug-likeness (QED) is 0.321. The molecule has 1 N–H and O–H groups in total. The van der Waals surface area contributed by atoms with Crippen LogP contribution in [0, 0.1) is 0 Å². The zero-order valence-electron chi connectivity index (χ0n) is 15.8. The molecule has 0 saturated carbocycles. The summed E-state index contributed by atoms with van der Waals surface area (Å²) in [6.45, 7) is 0. The van der Waals surface area contributed by atoms with Crippen molar-refractivity contribution in [1.82, 2.24) is 9.97 Å². The van der Waals surface area contributed by atoms with E-state index in [1.807, 2.05) is 6.07 Å². The van der Waals surface area contributed by atoms with E-state index >= 15 is 0 Å². The van der Waals surface area contributed by atoms with Crippen molar-refractivity contribution in [2.45, 2.75) is 0 Å². The number of benzene rings is 5. The first kappa shape index (κ1) is 16.1. The summed E-state index contributed by atoms with van der Waals surface area (Å²) in [5, 5.41) is 5.00. The third-order valence-corrected chi connectivity index (χ3v) is 5.57. The highest BCUT2D eigenvalue weighted by Crippen LogP contribution is 2.29. The molecule has 0 amide bonds. The van der Waals surface area contributed by atoms with Crippen molar-refractivity contribution in [3.63, 3.8) is 0 Å². The normalized spacial score (nSPS) is 11.4. The van der Waals surface area contributed by atoms with Gasteiger partial charge in [-0.2, -0.15) is 0 Å². The second-order valence-corrected chi connectivity index (χ2v) is 7.44. The van der Waals surface area contributed by atoms with E-state index in [0.717, 1.165) is 22.4 Å². The Morgan fingerprint density at radius 3 is 2.00 bits per heavy atom. The third-order valence-electron chi connectivity index (χ3n) is 5.57. The van der Waals surface area contributed by atoms with Crippen LogP contribution < -0.4 is 0 Å². The summed E-state index contributed by atoms with van der Waals surface area (Å²) in [7, 11) is 0. The Bertz CT molecular complexity index is 1490. The minimum atomic E-state index is 0.903. The van der Waals surface area contributed by atoms with Gasteiger partial charge in [-0.05, 0) is 63.0 Å². The summed E-state index contributed by atoms with van der Waals surface area (Å²) >= 11 is 0. The fourth-order valence-corrected chi connectivity index (χ4v) is 4.04. The van der Waals surface area contributed by atoms with Crippen LogP contribution in [0.5, 0.6) is 0 Å². The van der Waals surface area contributed by atoms with Crippen molar-refractivity contribution in [2.24, 2.45) is 0 Å². The molecule has 0 aliphatic carbocycles. The second kappa shape index (κ2) is 6.32. The first-order chi connectivity index (χ1) is 14.3. The van der Waals surface area contributed by atoms with Crippen molar-refractivity contribution in [3.05, 3.63) is 103 Å². The van der Waals surface area contributed by atoms with Crippen LogP contribution in [0.4, 0.5) is 0 Å². The summed E-state index contributed by atoms with van der Waals surface area (Å²) in [5.74, 6) is 0.903. The summed E-state index contributed by atoms with van der Waals surface area (Å²) in [6, 6.07) is 36.4. The van der Waals surface area contributed by atoms with Crippen LogP contribution >= 0.6 is 0 Å². The SMILES string of the molecule is c1ccc(-c2ccc3nc(-c4ccc5cc6ccccc6cc5c4)[nH]c3c2)cc1. The maximum atomic E-state index is 4.83. The fourth-order valence-electron chi connectivity index (χ4n) is 4.04. The Labute approximate surface area is 168 Å². The molecule has 0 spiro atoms. The smallest absolute Gasteiger partial charge is 0.138 e. The summed E-state index contributed by atoms with van der Waals surface area (Å²) in [6.07, 6.45) is 0. The van der Waals surface area contributed by atoms with Gasteiger partial charge in [0.15, 0.2) is 0 Å². The number of aromatic amines is 1. The monoisotopic (exact) mass is 370 g/mol. The summed E-state index contributed by atoms with van der Waals surface area (Å²) < 4.78 is 0. The molecule has 0 bridgehead atoms. The number of hydrogen-bond acceptors (Lipinski definition) is 1. The third kappa shape index (κ3) is 2.77. The lowest BCUT2D eigenvalue weighted by atomic mass is 10.0. The van der Waals surface area contributed by atoms with Crippen molar-refractivity contribution in [3.8, 4) is 22.5 Å². The zero-order chi connectivity index (χ0) is 19.2. The van der Waals surface area contributed by atoms with Crippen LogP contribution in [0.1, 0.15) is 0 Å². The number of imidazole rings is 1. The molecule has 0 unspecified atom stereocenters. The van der Waals surface area contributed by atoms with Crippen molar-refractivity contribution in [2.75, 3.05) is 0 Å². The van der Waals surface area contributed by atoms with Gasteiger partial charge in [-0.3, -0.25) is 0 Å². The second-order valence-electron chi connectivity index (χ2n) is 7.44. The molecule has 29 heavy (non-hydrogen) atoms. The van der Waals surface area contributed by atoms with E-state index in [4.69, 9.17) is 4.98 Å². The molecule has 0 fully saturated rings. The van der Waals surface area contributed by atoms with E-state index in [0.29, 0.717) is 0 Å². The molecule has 0 atom stereocenters. The molecule has 136 valence electrons. The van der Waals surface area contributed by atoms with Crippen LogP contribution in [-0.2, 0) is 0 Å². The number of rotatable bonds is 2. The summed E-state index contributed by atoms with van der Waals surface area (Å²) in [4.78, 5) is 8.34. The van der Waals surface area contributed by atoms with Crippen LogP contribution in [-0.4, -0.2) is 9.97 Å².